The predicted molar refractivity (Wildman–Crippen MR) is 68.3 cm³/mol. The van der Waals surface area contributed by atoms with Gasteiger partial charge >= 0.3 is 0 Å². The van der Waals surface area contributed by atoms with Crippen LogP contribution in [-0.4, -0.2) is 21.3 Å². The second-order valence-corrected chi connectivity index (χ2v) is 5.18. The molecular formula is C13H14FeO4S-6. The summed E-state index contributed by atoms with van der Waals surface area (Å²) in [6.45, 7) is 1.56. The normalized spacial score (nSPS) is 10.0. The summed E-state index contributed by atoms with van der Waals surface area (Å²) < 4.78 is 25.9. The average molecular weight is 322 g/mol. The van der Waals surface area contributed by atoms with Gasteiger partial charge in [0.2, 0.25) is 10.1 Å². The van der Waals surface area contributed by atoms with E-state index in [0.29, 0.717) is 0 Å². The van der Waals surface area contributed by atoms with Crippen molar-refractivity contribution >= 4 is 15.9 Å². The molecule has 0 aromatic heterocycles. The van der Waals surface area contributed by atoms with Crippen molar-refractivity contribution in [2.75, 3.05) is 7.11 Å². The van der Waals surface area contributed by atoms with E-state index in [1.54, 1.807) is 19.1 Å². The van der Waals surface area contributed by atoms with Crippen LogP contribution in [0.15, 0.2) is 53.4 Å². The minimum absolute atomic E-state index is 0. The van der Waals surface area contributed by atoms with Crippen molar-refractivity contribution in [2.24, 2.45) is 0 Å². The summed E-state index contributed by atoms with van der Waals surface area (Å²) in [6, 6.07) is 13.6. The molecule has 0 aliphatic heterocycles. The SMILES string of the molecule is CC(=O)[c-]1[cH-][cH-][cH-][cH-]1.COS(=O)(=O)[c-]1cccc1.[Fe]. The first kappa shape index (κ1) is 17.8. The third-order valence-electron chi connectivity index (χ3n) is 2.21. The van der Waals surface area contributed by atoms with E-state index in [-0.39, 0.29) is 27.7 Å². The summed E-state index contributed by atoms with van der Waals surface area (Å²) in [5, 5.41) is 0. The van der Waals surface area contributed by atoms with E-state index in [1.165, 1.54) is 12.1 Å². The van der Waals surface area contributed by atoms with Crippen molar-refractivity contribution in [2.45, 2.75) is 11.8 Å². The Balaban J connectivity index is 0.000000331. The molecule has 0 spiro atoms. The van der Waals surface area contributed by atoms with Gasteiger partial charge in [0, 0.05) is 17.1 Å². The molecule has 2 rings (SSSR count). The van der Waals surface area contributed by atoms with Crippen LogP contribution in [0, 0.1) is 0 Å². The quantitative estimate of drug-likeness (QED) is 0.377. The predicted octanol–water partition coefficient (Wildman–Crippen LogP) is 2.35. The maximum atomic E-state index is 10.8. The first-order valence-electron chi connectivity index (χ1n) is 5.22. The molecule has 0 fully saturated rings. The summed E-state index contributed by atoms with van der Waals surface area (Å²) in [6.07, 6.45) is 0. The van der Waals surface area contributed by atoms with Crippen LogP contribution in [0.1, 0.15) is 17.3 Å². The maximum absolute atomic E-state index is 10.8. The zero-order valence-electron chi connectivity index (χ0n) is 10.5. The number of carbonyl (C=O) groups is 1. The molecule has 0 saturated heterocycles. The first-order valence-corrected chi connectivity index (χ1v) is 6.63. The zero-order valence-corrected chi connectivity index (χ0v) is 12.4. The molecule has 0 radical (unpaired) electrons. The van der Waals surface area contributed by atoms with Gasteiger partial charge in [-0.25, -0.2) is 20.6 Å². The Morgan fingerprint density at radius 1 is 1.16 bits per heavy atom. The molecule has 0 unspecified atom stereocenters. The summed E-state index contributed by atoms with van der Waals surface area (Å²) in [4.78, 5) is 10.7. The molecule has 0 aliphatic carbocycles. The van der Waals surface area contributed by atoms with Crippen molar-refractivity contribution in [1.82, 2.24) is 0 Å². The van der Waals surface area contributed by atoms with Crippen LogP contribution < -0.4 is 0 Å². The summed E-state index contributed by atoms with van der Waals surface area (Å²) in [5.41, 5.74) is 0.796. The Bertz CT molecular complexity index is 568. The third-order valence-corrected chi connectivity index (χ3v) is 3.50. The Morgan fingerprint density at radius 3 is 1.95 bits per heavy atom. The smallest absolute Gasteiger partial charge is 0.248 e. The van der Waals surface area contributed by atoms with Crippen LogP contribution in [0.2, 0.25) is 0 Å². The van der Waals surface area contributed by atoms with Crippen LogP contribution in [0.4, 0.5) is 0 Å². The van der Waals surface area contributed by atoms with Crippen molar-refractivity contribution in [1.29, 1.82) is 0 Å². The standard InChI is InChI=1S/C7H7O.C6H7O3S.Fe/c1-6(8)7-4-2-3-5-7;1-9-10(7,8)6-4-2-3-5-6;/h2-5H,1H3;2-5H,1H3;/q-5;-1;. The number of ketones is 1. The topological polar surface area (TPSA) is 60.4 Å². The Kier molecular flexibility index (Phi) is 7.56. The van der Waals surface area contributed by atoms with E-state index in [9.17, 15) is 13.2 Å². The first-order chi connectivity index (χ1) is 8.47. The maximum Gasteiger partial charge on any atom is 0.248 e. The number of hydrogen-bond acceptors (Lipinski definition) is 4. The minimum atomic E-state index is -3.45. The van der Waals surface area contributed by atoms with E-state index in [2.05, 4.69) is 4.18 Å². The second kappa shape index (κ2) is 8.07. The molecular weight excluding hydrogens is 308 g/mol. The fraction of sp³-hybridized carbons (Fsp3) is 0.154. The van der Waals surface area contributed by atoms with Crippen molar-refractivity contribution in [3.8, 4) is 0 Å². The Labute approximate surface area is 123 Å². The second-order valence-electron chi connectivity index (χ2n) is 3.47. The van der Waals surface area contributed by atoms with Gasteiger partial charge in [0.25, 0.3) is 0 Å². The Morgan fingerprint density at radius 2 is 1.63 bits per heavy atom. The fourth-order valence-corrected chi connectivity index (χ4v) is 1.91. The number of rotatable bonds is 3. The van der Waals surface area contributed by atoms with E-state index in [4.69, 9.17) is 0 Å². The number of carbonyl (C=O) groups excluding carboxylic acids is 1. The van der Waals surface area contributed by atoms with Crippen LogP contribution in [-0.2, 0) is 31.4 Å². The van der Waals surface area contributed by atoms with Crippen LogP contribution in [0.25, 0.3) is 0 Å². The van der Waals surface area contributed by atoms with Crippen molar-refractivity contribution < 1.29 is 34.5 Å². The number of hydrogen-bond donors (Lipinski definition) is 0. The van der Waals surface area contributed by atoms with Gasteiger partial charge in [0.15, 0.2) is 0 Å². The van der Waals surface area contributed by atoms with Gasteiger partial charge in [-0.15, -0.1) is 6.92 Å². The molecule has 0 saturated carbocycles. The summed E-state index contributed by atoms with van der Waals surface area (Å²) in [5.74, 6) is 0.134. The van der Waals surface area contributed by atoms with Gasteiger partial charge in [0.05, 0.1) is 7.11 Å². The molecule has 0 bridgehead atoms. The largest absolute Gasteiger partial charge is 0.718 e. The van der Waals surface area contributed by atoms with Crippen LogP contribution >= 0.6 is 0 Å². The van der Waals surface area contributed by atoms with E-state index < -0.39 is 10.1 Å². The molecule has 2 aromatic rings. The van der Waals surface area contributed by atoms with Gasteiger partial charge < -0.3 is 34.6 Å². The van der Waals surface area contributed by atoms with Crippen molar-refractivity contribution in [3.05, 3.63) is 54.1 Å². The van der Waals surface area contributed by atoms with Crippen LogP contribution in [0.5, 0.6) is 0 Å². The molecule has 0 aliphatic rings. The van der Waals surface area contributed by atoms with Crippen LogP contribution in [0.3, 0.4) is 0 Å². The van der Waals surface area contributed by atoms with Crippen molar-refractivity contribution in [3.63, 3.8) is 0 Å². The molecule has 6 heteroatoms. The molecule has 4 nitrogen and oxygen atoms in total. The molecule has 0 N–H and O–H groups in total. The van der Waals surface area contributed by atoms with E-state index >= 15 is 0 Å². The van der Waals surface area contributed by atoms with E-state index in [0.717, 1.165) is 12.7 Å². The van der Waals surface area contributed by atoms with Gasteiger partial charge in [-0.2, -0.15) is 12.1 Å². The van der Waals surface area contributed by atoms with Gasteiger partial charge in [0.1, 0.15) is 0 Å². The average Bonchev–Trinajstić information content (AvgIpc) is 3.03. The zero-order chi connectivity index (χ0) is 13.6. The molecule has 19 heavy (non-hydrogen) atoms. The Hall–Kier alpha value is -1.20. The molecule has 0 atom stereocenters. The van der Waals surface area contributed by atoms with E-state index in [1.807, 2.05) is 24.3 Å². The summed E-state index contributed by atoms with van der Waals surface area (Å²) in [7, 11) is -2.31. The minimum Gasteiger partial charge on any atom is -0.718 e. The molecule has 2 aromatic carbocycles. The van der Waals surface area contributed by atoms with Gasteiger partial charge in [-0.3, -0.25) is 9.97 Å². The monoisotopic (exact) mass is 322 g/mol. The molecule has 0 heterocycles. The fourth-order valence-electron chi connectivity index (χ4n) is 1.23. The number of Topliss-reactive ketones (excluding diaryl/α,β-unsaturated/α-hetero) is 1. The van der Waals surface area contributed by atoms with Gasteiger partial charge in [-0.1, -0.05) is 0 Å². The molecule has 110 valence electrons. The molecule has 0 amide bonds. The summed E-state index contributed by atoms with van der Waals surface area (Å²) >= 11 is 0. The third kappa shape index (κ3) is 5.53. The van der Waals surface area contributed by atoms with Gasteiger partial charge in [-0.05, 0) is 4.90 Å².